The van der Waals surface area contributed by atoms with Crippen LogP contribution in [-0.2, 0) is 17.9 Å². The van der Waals surface area contributed by atoms with Crippen molar-refractivity contribution in [3.63, 3.8) is 0 Å². The lowest BCUT2D eigenvalue weighted by Crippen LogP contribution is -2.48. The summed E-state index contributed by atoms with van der Waals surface area (Å²) in [6.45, 7) is 11.3. The molecule has 0 bridgehead atoms. The first-order valence-electron chi connectivity index (χ1n) is 15.3. The van der Waals surface area contributed by atoms with E-state index in [1.807, 2.05) is 26.0 Å². The Kier molecular flexibility index (Phi) is 11.8. The van der Waals surface area contributed by atoms with Crippen molar-refractivity contribution in [3.8, 4) is 6.07 Å². The van der Waals surface area contributed by atoms with E-state index in [0.717, 1.165) is 63.4 Å². The monoisotopic (exact) mass is 605 g/mol. The van der Waals surface area contributed by atoms with Gasteiger partial charge in [0.05, 0.1) is 4.91 Å². The lowest BCUT2D eigenvalue weighted by atomic mass is 10.0. The number of nitriles is 1. The molecule has 9 heteroatoms. The number of unbranched alkanes of at least 4 members (excludes halogenated alkanes) is 5. The molecule has 0 N–H and O–H groups in total. The molecule has 2 fully saturated rings. The first kappa shape index (κ1) is 32.0. The summed E-state index contributed by atoms with van der Waals surface area (Å²) in [4.78, 5) is 34.0. The number of hydrogen-bond acceptors (Lipinski definition) is 7. The Morgan fingerprint density at radius 2 is 1.64 bits per heavy atom. The Labute approximate surface area is 260 Å². The van der Waals surface area contributed by atoms with Crippen molar-refractivity contribution >= 4 is 46.1 Å². The second kappa shape index (κ2) is 15.5. The van der Waals surface area contributed by atoms with Gasteiger partial charge < -0.3 is 4.90 Å². The van der Waals surface area contributed by atoms with Crippen LogP contribution in [0.3, 0.4) is 0 Å². The van der Waals surface area contributed by atoms with Crippen LogP contribution in [0.15, 0.2) is 40.0 Å². The fraction of sp³-hybridized carbons (Fsp3) is 0.515. The van der Waals surface area contributed by atoms with Gasteiger partial charge in [0.15, 0.2) is 0 Å². The third kappa shape index (κ3) is 7.52. The molecule has 4 rings (SSSR count). The van der Waals surface area contributed by atoms with Gasteiger partial charge in [-0.3, -0.25) is 24.0 Å². The number of benzene rings is 1. The van der Waals surface area contributed by atoms with Crippen molar-refractivity contribution in [3.05, 3.63) is 67.8 Å². The molecule has 0 atom stereocenters. The van der Waals surface area contributed by atoms with E-state index >= 15 is 0 Å². The van der Waals surface area contributed by atoms with E-state index in [0.29, 0.717) is 27.9 Å². The minimum Gasteiger partial charge on any atom is -0.355 e. The molecule has 7 nitrogen and oxygen atoms in total. The molecule has 2 aliphatic heterocycles. The largest absolute Gasteiger partial charge is 0.355 e. The molecule has 3 heterocycles. The maximum absolute atomic E-state index is 13.5. The highest BCUT2D eigenvalue weighted by Gasteiger charge is 2.33. The van der Waals surface area contributed by atoms with Crippen LogP contribution < -0.4 is 10.5 Å². The van der Waals surface area contributed by atoms with Crippen LogP contribution in [-0.4, -0.2) is 57.3 Å². The first-order chi connectivity index (χ1) is 20.4. The summed E-state index contributed by atoms with van der Waals surface area (Å²) in [5.41, 5.74) is 2.57. The molecule has 1 amide bonds. The van der Waals surface area contributed by atoms with Gasteiger partial charge in [-0.1, -0.05) is 100 Å². The third-order valence-electron chi connectivity index (χ3n) is 8.10. The van der Waals surface area contributed by atoms with E-state index in [2.05, 4.69) is 47.1 Å². The van der Waals surface area contributed by atoms with Crippen molar-refractivity contribution < 1.29 is 4.79 Å². The molecule has 2 saturated heterocycles. The number of nitrogens with zero attached hydrogens (tertiary/aromatic N) is 5. The number of carbonyl (C=O) groups excluding carboxylic acids is 1. The SMILES string of the molecule is CCCCCCCCN1C(=O)C(=Cc2c(C)c(C#N)c(=O)n(CCC)c2N2CCN(Cc3ccccc3)CC2)SC1=S. The third-order valence-corrected chi connectivity index (χ3v) is 9.48. The molecule has 224 valence electrons. The topological polar surface area (TPSA) is 72.6 Å². The van der Waals surface area contributed by atoms with E-state index in [4.69, 9.17) is 12.2 Å². The highest BCUT2D eigenvalue weighted by Crippen LogP contribution is 2.36. The molecule has 0 spiro atoms. The molecular weight excluding hydrogens is 563 g/mol. The van der Waals surface area contributed by atoms with Crippen LogP contribution in [0.2, 0.25) is 0 Å². The van der Waals surface area contributed by atoms with Crippen molar-refractivity contribution in [2.45, 2.75) is 78.8 Å². The zero-order valence-electron chi connectivity index (χ0n) is 25.2. The van der Waals surface area contributed by atoms with E-state index < -0.39 is 0 Å². The first-order valence-corrected chi connectivity index (χ1v) is 16.6. The van der Waals surface area contributed by atoms with Gasteiger partial charge in [0.2, 0.25) is 0 Å². The number of hydrogen-bond donors (Lipinski definition) is 0. The minimum atomic E-state index is -0.258. The standard InChI is InChI=1S/C33H43N5O2S2/c1-4-6-7-8-9-13-17-38-32(40)29(42-33(38)41)22-27-25(3)28(23-34)31(39)37(16-5-2)30(27)36-20-18-35(19-21-36)24-26-14-11-10-12-15-26/h10-12,14-15,22H,4-9,13,16-21,24H2,1-3H3. The molecule has 1 aromatic carbocycles. The molecule has 0 radical (unpaired) electrons. The van der Waals surface area contributed by atoms with Gasteiger partial charge >= 0.3 is 0 Å². The van der Waals surface area contributed by atoms with Crippen molar-refractivity contribution in [2.24, 2.45) is 0 Å². The molecule has 2 aliphatic rings. The number of thiocarbonyl (C=S) groups is 1. The fourth-order valence-corrected chi connectivity index (χ4v) is 7.04. The zero-order valence-corrected chi connectivity index (χ0v) is 26.9. The Morgan fingerprint density at radius 3 is 2.31 bits per heavy atom. The quantitative estimate of drug-likeness (QED) is 0.150. The van der Waals surface area contributed by atoms with E-state index in [1.165, 1.54) is 43.0 Å². The van der Waals surface area contributed by atoms with Crippen molar-refractivity contribution in [2.75, 3.05) is 37.6 Å². The normalized spacial score (nSPS) is 17.0. The minimum absolute atomic E-state index is 0.0802. The predicted molar refractivity (Wildman–Crippen MR) is 178 cm³/mol. The maximum atomic E-state index is 13.5. The van der Waals surface area contributed by atoms with Crippen LogP contribution in [0.5, 0.6) is 0 Å². The Balaban J connectivity index is 1.61. The van der Waals surface area contributed by atoms with Gasteiger partial charge in [-0.25, -0.2) is 0 Å². The average molecular weight is 606 g/mol. The molecule has 2 aromatic rings. The van der Waals surface area contributed by atoms with Crippen molar-refractivity contribution in [1.29, 1.82) is 5.26 Å². The fourth-order valence-electron chi connectivity index (χ4n) is 5.75. The van der Waals surface area contributed by atoms with Gasteiger partial charge in [0.1, 0.15) is 21.8 Å². The van der Waals surface area contributed by atoms with Gasteiger partial charge in [0, 0.05) is 51.4 Å². The predicted octanol–water partition coefficient (Wildman–Crippen LogP) is 6.32. The number of thioether (sulfide) groups is 1. The molecule has 0 aliphatic carbocycles. The van der Waals surface area contributed by atoms with Crippen LogP contribution in [0, 0.1) is 18.3 Å². The number of anilines is 1. The second-order valence-corrected chi connectivity index (χ2v) is 12.8. The van der Waals surface area contributed by atoms with E-state index in [1.54, 1.807) is 9.47 Å². The van der Waals surface area contributed by atoms with E-state index in [-0.39, 0.29) is 17.0 Å². The molecule has 0 saturated carbocycles. The summed E-state index contributed by atoms with van der Waals surface area (Å²) in [6.07, 6.45) is 9.52. The maximum Gasteiger partial charge on any atom is 0.270 e. The summed E-state index contributed by atoms with van der Waals surface area (Å²) in [7, 11) is 0. The smallest absolute Gasteiger partial charge is 0.270 e. The van der Waals surface area contributed by atoms with Crippen molar-refractivity contribution in [1.82, 2.24) is 14.4 Å². The lowest BCUT2D eigenvalue weighted by Gasteiger charge is -2.38. The van der Waals surface area contributed by atoms with Gasteiger partial charge in [-0.05, 0) is 37.0 Å². The van der Waals surface area contributed by atoms with Crippen LogP contribution in [0.1, 0.15) is 81.0 Å². The lowest BCUT2D eigenvalue weighted by molar-refractivity contribution is -0.122. The average Bonchev–Trinajstić information content (AvgIpc) is 3.26. The molecule has 1 aromatic heterocycles. The number of amides is 1. The summed E-state index contributed by atoms with van der Waals surface area (Å²) < 4.78 is 2.33. The summed E-state index contributed by atoms with van der Waals surface area (Å²) in [5.74, 6) is 0.724. The van der Waals surface area contributed by atoms with Gasteiger partial charge in [0.25, 0.3) is 11.5 Å². The molecule has 42 heavy (non-hydrogen) atoms. The van der Waals surface area contributed by atoms with Crippen LogP contribution >= 0.6 is 24.0 Å². The Bertz CT molecular complexity index is 1390. The number of carbonyl (C=O) groups is 1. The Morgan fingerprint density at radius 1 is 0.952 bits per heavy atom. The molecular formula is C33H43N5O2S2. The van der Waals surface area contributed by atoms with Gasteiger partial charge in [-0.15, -0.1) is 0 Å². The van der Waals surface area contributed by atoms with E-state index in [9.17, 15) is 14.9 Å². The molecule has 0 unspecified atom stereocenters. The highest BCUT2D eigenvalue weighted by atomic mass is 32.2. The van der Waals surface area contributed by atoms with Gasteiger partial charge in [-0.2, -0.15) is 5.26 Å². The zero-order chi connectivity index (χ0) is 30.1. The number of piperazine rings is 1. The summed E-state index contributed by atoms with van der Waals surface area (Å²) in [6, 6.07) is 12.6. The number of rotatable bonds is 13. The Hall–Kier alpha value is -2.93. The van der Waals surface area contributed by atoms with Crippen LogP contribution in [0.4, 0.5) is 5.82 Å². The highest BCUT2D eigenvalue weighted by molar-refractivity contribution is 8.26. The second-order valence-electron chi connectivity index (χ2n) is 11.2. The van der Waals surface area contributed by atoms with Crippen LogP contribution in [0.25, 0.3) is 6.08 Å². The number of aromatic nitrogens is 1. The summed E-state index contributed by atoms with van der Waals surface area (Å²) in [5, 5.41) is 9.96. The summed E-state index contributed by atoms with van der Waals surface area (Å²) >= 11 is 6.95. The number of pyridine rings is 1.